The molecular formula is C23H19N3O2. The summed E-state index contributed by atoms with van der Waals surface area (Å²) in [5.41, 5.74) is 2.85. The monoisotopic (exact) mass is 369 g/mol. The molecule has 0 amide bonds. The Bertz CT molecular complexity index is 1100. The van der Waals surface area contributed by atoms with Crippen LogP contribution in [0.4, 0.5) is 0 Å². The van der Waals surface area contributed by atoms with E-state index in [1.165, 1.54) is 6.07 Å². The molecule has 0 aliphatic rings. The molecule has 0 heterocycles. The lowest BCUT2D eigenvalue weighted by Gasteiger charge is -2.14. The van der Waals surface area contributed by atoms with Crippen molar-refractivity contribution in [3.05, 3.63) is 94.5 Å². The number of nitrogens with one attached hydrogen (secondary N) is 3. The molecule has 0 aliphatic heterocycles. The number of rotatable bonds is 5. The van der Waals surface area contributed by atoms with Gasteiger partial charge in [0.25, 0.3) is 0 Å². The van der Waals surface area contributed by atoms with Crippen molar-refractivity contribution in [3.63, 3.8) is 0 Å². The van der Waals surface area contributed by atoms with Gasteiger partial charge < -0.3 is 15.5 Å². The van der Waals surface area contributed by atoms with Gasteiger partial charge in [0.2, 0.25) is 0 Å². The highest BCUT2D eigenvalue weighted by Crippen LogP contribution is 2.23. The van der Waals surface area contributed by atoms with E-state index in [1.54, 1.807) is 54.6 Å². The number of phenols is 2. The lowest BCUT2D eigenvalue weighted by Crippen LogP contribution is -2.25. The maximum Gasteiger partial charge on any atom is 0.126 e. The number of hydrogen-bond acceptors (Lipinski definition) is 4. The second-order valence-corrected chi connectivity index (χ2v) is 6.20. The molecule has 138 valence electrons. The molecule has 0 atom stereocenters. The molecule has 0 bridgehead atoms. The van der Waals surface area contributed by atoms with Gasteiger partial charge in [0, 0.05) is 28.8 Å². The van der Waals surface area contributed by atoms with Crippen LogP contribution in [0.15, 0.2) is 66.7 Å². The Labute approximate surface area is 163 Å². The maximum absolute atomic E-state index is 10.2. The van der Waals surface area contributed by atoms with Crippen molar-refractivity contribution < 1.29 is 10.2 Å². The molecule has 5 N–H and O–H groups in total. The van der Waals surface area contributed by atoms with E-state index in [0.717, 1.165) is 5.56 Å². The first-order valence-electron chi connectivity index (χ1n) is 8.58. The van der Waals surface area contributed by atoms with Crippen molar-refractivity contribution in [2.45, 2.75) is 6.54 Å². The van der Waals surface area contributed by atoms with Crippen molar-refractivity contribution in [2.75, 3.05) is 0 Å². The van der Waals surface area contributed by atoms with Crippen LogP contribution in [-0.4, -0.2) is 21.8 Å². The van der Waals surface area contributed by atoms with Gasteiger partial charge in [-0.1, -0.05) is 42.3 Å². The minimum absolute atomic E-state index is 0.0745. The lowest BCUT2D eigenvalue weighted by atomic mass is 9.95. The van der Waals surface area contributed by atoms with Gasteiger partial charge in [-0.15, -0.1) is 6.42 Å². The molecule has 3 aromatic carbocycles. The Morgan fingerprint density at radius 1 is 0.893 bits per heavy atom. The highest BCUT2D eigenvalue weighted by atomic mass is 16.3. The molecule has 0 radical (unpaired) electrons. The molecule has 3 rings (SSSR count). The smallest absolute Gasteiger partial charge is 0.126 e. The zero-order chi connectivity index (χ0) is 20.1. The summed E-state index contributed by atoms with van der Waals surface area (Å²) in [6.45, 7) is 0.358. The van der Waals surface area contributed by atoms with E-state index >= 15 is 0 Å². The van der Waals surface area contributed by atoms with E-state index in [9.17, 15) is 10.2 Å². The van der Waals surface area contributed by atoms with Crippen LogP contribution in [0, 0.1) is 23.2 Å². The highest BCUT2D eigenvalue weighted by Gasteiger charge is 2.16. The first kappa shape index (κ1) is 18.7. The largest absolute Gasteiger partial charge is 0.508 e. The topological polar surface area (TPSA) is 100 Å². The second kappa shape index (κ2) is 8.11. The Morgan fingerprint density at radius 2 is 1.64 bits per heavy atom. The molecule has 3 aromatic rings. The van der Waals surface area contributed by atoms with Crippen LogP contribution < -0.4 is 5.32 Å². The second-order valence-electron chi connectivity index (χ2n) is 6.20. The van der Waals surface area contributed by atoms with Crippen LogP contribution in [0.1, 0.15) is 27.8 Å². The molecule has 0 fully saturated rings. The number of terminal acetylenes is 1. The minimum atomic E-state index is -0.0745. The SMILES string of the molecule is C#Cc1ccc(C(=N)c2ccccc2C(=N)NCc2cccc(O)c2)c(O)c1. The molecule has 5 nitrogen and oxygen atoms in total. The quantitative estimate of drug-likeness (QED) is 0.270. The number of phenolic OH excluding ortho intramolecular Hbond substituents is 2. The fraction of sp³-hybridized carbons (Fsp3) is 0.0435. The third-order valence-electron chi connectivity index (χ3n) is 4.28. The number of amidine groups is 1. The fourth-order valence-electron chi connectivity index (χ4n) is 2.85. The van der Waals surface area contributed by atoms with Crippen molar-refractivity contribution in [3.8, 4) is 23.8 Å². The van der Waals surface area contributed by atoms with E-state index in [0.29, 0.717) is 28.8 Å². The summed E-state index contributed by atoms with van der Waals surface area (Å²) in [5, 5.41) is 39.7. The Balaban J connectivity index is 1.85. The van der Waals surface area contributed by atoms with E-state index in [2.05, 4.69) is 11.2 Å². The molecule has 0 spiro atoms. The van der Waals surface area contributed by atoms with Gasteiger partial charge in [-0.3, -0.25) is 10.8 Å². The first-order chi connectivity index (χ1) is 13.5. The number of aromatic hydroxyl groups is 2. The number of benzene rings is 3. The van der Waals surface area contributed by atoms with E-state index in [-0.39, 0.29) is 23.0 Å². The van der Waals surface area contributed by atoms with Gasteiger partial charge in [-0.25, -0.2) is 0 Å². The van der Waals surface area contributed by atoms with Crippen LogP contribution >= 0.6 is 0 Å². The summed E-state index contributed by atoms with van der Waals surface area (Å²) in [6.07, 6.45) is 5.34. The van der Waals surface area contributed by atoms with E-state index in [4.69, 9.17) is 17.2 Å². The highest BCUT2D eigenvalue weighted by molar-refractivity contribution is 6.18. The first-order valence-corrected chi connectivity index (χ1v) is 8.58. The Hall–Kier alpha value is -4.04. The van der Waals surface area contributed by atoms with Crippen LogP contribution in [0.2, 0.25) is 0 Å². The van der Waals surface area contributed by atoms with E-state index < -0.39 is 0 Å². The molecule has 28 heavy (non-hydrogen) atoms. The van der Waals surface area contributed by atoms with Crippen LogP contribution in [0.5, 0.6) is 11.5 Å². The zero-order valence-corrected chi connectivity index (χ0v) is 15.0. The maximum atomic E-state index is 10.2. The summed E-state index contributed by atoms with van der Waals surface area (Å²) >= 11 is 0. The van der Waals surface area contributed by atoms with Crippen LogP contribution in [0.3, 0.4) is 0 Å². The van der Waals surface area contributed by atoms with Crippen LogP contribution in [-0.2, 0) is 6.54 Å². The molecular weight excluding hydrogens is 350 g/mol. The lowest BCUT2D eigenvalue weighted by molar-refractivity contribution is 0.473. The normalized spacial score (nSPS) is 10.1. The van der Waals surface area contributed by atoms with Crippen molar-refractivity contribution >= 4 is 11.5 Å². The fourth-order valence-corrected chi connectivity index (χ4v) is 2.85. The molecule has 0 aliphatic carbocycles. The van der Waals surface area contributed by atoms with Gasteiger partial charge >= 0.3 is 0 Å². The van der Waals surface area contributed by atoms with Crippen molar-refractivity contribution in [1.82, 2.24) is 5.32 Å². The molecule has 0 aromatic heterocycles. The summed E-state index contributed by atoms with van der Waals surface area (Å²) in [4.78, 5) is 0. The van der Waals surface area contributed by atoms with Crippen molar-refractivity contribution in [1.29, 1.82) is 10.8 Å². The zero-order valence-electron chi connectivity index (χ0n) is 15.0. The third-order valence-corrected chi connectivity index (χ3v) is 4.28. The van der Waals surface area contributed by atoms with Gasteiger partial charge in [0.05, 0.1) is 5.71 Å². The average Bonchev–Trinajstić information content (AvgIpc) is 2.71. The summed E-state index contributed by atoms with van der Waals surface area (Å²) < 4.78 is 0. The van der Waals surface area contributed by atoms with Gasteiger partial charge in [0.15, 0.2) is 0 Å². The Morgan fingerprint density at radius 3 is 2.32 bits per heavy atom. The molecule has 0 saturated carbocycles. The predicted octanol–water partition coefficient (Wildman–Crippen LogP) is 3.61. The third kappa shape index (κ3) is 4.02. The summed E-state index contributed by atoms with van der Waals surface area (Å²) in [7, 11) is 0. The summed E-state index contributed by atoms with van der Waals surface area (Å²) in [5.74, 6) is 2.68. The van der Waals surface area contributed by atoms with E-state index in [1.807, 2.05) is 6.07 Å². The Kier molecular flexibility index (Phi) is 5.43. The standard InChI is InChI=1S/C23H19N3O2/c1-2-15-10-11-20(21(28)13-15)22(24)18-8-3-4-9-19(18)23(25)26-14-16-6-5-7-17(27)12-16/h1,3-13,24,27-28H,14H2,(H2,25,26). The summed E-state index contributed by atoms with van der Waals surface area (Å²) in [6, 6.07) is 18.6. The molecule has 0 unspecified atom stereocenters. The molecule has 5 heteroatoms. The number of hydrogen-bond donors (Lipinski definition) is 5. The van der Waals surface area contributed by atoms with Gasteiger partial charge in [-0.2, -0.15) is 0 Å². The molecule has 0 saturated heterocycles. The minimum Gasteiger partial charge on any atom is -0.508 e. The van der Waals surface area contributed by atoms with Crippen LogP contribution in [0.25, 0.3) is 0 Å². The van der Waals surface area contributed by atoms with Gasteiger partial charge in [0.1, 0.15) is 17.3 Å². The average molecular weight is 369 g/mol. The van der Waals surface area contributed by atoms with Crippen molar-refractivity contribution in [2.24, 2.45) is 0 Å². The predicted molar refractivity (Wildman–Crippen MR) is 110 cm³/mol. The van der Waals surface area contributed by atoms with Gasteiger partial charge in [-0.05, 0) is 35.9 Å².